The molecule has 0 aliphatic carbocycles. The molecule has 0 saturated heterocycles. The number of benzene rings is 1. The van der Waals surface area contributed by atoms with E-state index < -0.39 is 0 Å². The number of aryl methyl sites for hydroxylation is 1. The Balaban J connectivity index is 2.37. The van der Waals surface area contributed by atoms with E-state index in [-0.39, 0.29) is 6.10 Å². The van der Waals surface area contributed by atoms with Crippen LogP contribution in [0.5, 0.6) is 0 Å². The van der Waals surface area contributed by atoms with Gasteiger partial charge in [-0.15, -0.1) is 0 Å². The van der Waals surface area contributed by atoms with Crippen molar-refractivity contribution in [2.75, 3.05) is 0 Å². The van der Waals surface area contributed by atoms with Crippen LogP contribution in [0, 0.1) is 0 Å². The van der Waals surface area contributed by atoms with Gasteiger partial charge in [0.15, 0.2) is 6.29 Å². The molecule has 3 nitrogen and oxygen atoms in total. The van der Waals surface area contributed by atoms with Crippen molar-refractivity contribution in [1.82, 2.24) is 4.57 Å². The van der Waals surface area contributed by atoms with Crippen LogP contribution in [-0.2, 0) is 6.54 Å². The number of hydrogen-bond acceptors (Lipinski definition) is 2. The van der Waals surface area contributed by atoms with Gasteiger partial charge in [-0.2, -0.15) is 0 Å². The zero-order valence-electron chi connectivity index (χ0n) is 9.26. The lowest BCUT2D eigenvalue weighted by Crippen LogP contribution is -2.05. The average Bonchev–Trinajstić information content (AvgIpc) is 2.69. The Labute approximate surface area is 94.3 Å². The highest BCUT2D eigenvalue weighted by molar-refractivity contribution is 5.97. The van der Waals surface area contributed by atoms with Gasteiger partial charge in [-0.25, -0.2) is 0 Å². The third-order valence-electron chi connectivity index (χ3n) is 2.76. The quantitative estimate of drug-likeness (QED) is 0.798. The summed E-state index contributed by atoms with van der Waals surface area (Å²) in [6.07, 6.45) is 3.25. The highest BCUT2D eigenvalue weighted by Gasteiger charge is 2.05. The summed E-state index contributed by atoms with van der Waals surface area (Å²) in [5, 5.41) is 10.2. The molecule has 1 N–H and O–H groups in total. The molecule has 0 amide bonds. The maximum atomic E-state index is 10.8. The molecule has 1 aromatic carbocycles. The van der Waals surface area contributed by atoms with E-state index in [1.54, 1.807) is 6.92 Å². The highest BCUT2D eigenvalue weighted by atomic mass is 16.3. The maximum absolute atomic E-state index is 10.8. The molecule has 0 spiro atoms. The Kier molecular flexibility index (Phi) is 3.06. The molecule has 1 aromatic heterocycles. The van der Waals surface area contributed by atoms with Gasteiger partial charge in [0.25, 0.3) is 0 Å². The number of nitrogens with zero attached hydrogens (tertiary/aromatic N) is 1. The summed E-state index contributed by atoms with van der Waals surface area (Å²) in [5.74, 6) is 0. The fraction of sp³-hybridized carbons (Fsp3) is 0.308. The molecule has 0 aliphatic heterocycles. The Morgan fingerprint density at radius 1 is 1.44 bits per heavy atom. The largest absolute Gasteiger partial charge is 0.393 e. The van der Waals surface area contributed by atoms with Crippen molar-refractivity contribution in [3.8, 4) is 0 Å². The van der Waals surface area contributed by atoms with Gasteiger partial charge in [0.05, 0.1) is 6.10 Å². The maximum Gasteiger partial charge on any atom is 0.150 e. The summed E-state index contributed by atoms with van der Waals surface area (Å²) in [5.41, 5.74) is 1.76. The van der Waals surface area contributed by atoms with Crippen LogP contribution >= 0.6 is 0 Å². The van der Waals surface area contributed by atoms with Crippen LogP contribution in [-0.4, -0.2) is 22.1 Å². The molecular weight excluding hydrogens is 202 g/mol. The lowest BCUT2D eigenvalue weighted by atomic mass is 10.1. The number of fused-ring (bicyclic) bond motifs is 1. The van der Waals surface area contributed by atoms with Crippen LogP contribution < -0.4 is 0 Å². The lowest BCUT2D eigenvalue weighted by molar-refractivity contribution is 0.112. The number of carbonyl (C=O) groups excluding carboxylic acids is 1. The zero-order chi connectivity index (χ0) is 11.5. The summed E-state index contributed by atoms with van der Waals surface area (Å²) in [7, 11) is 0. The molecule has 0 saturated carbocycles. The van der Waals surface area contributed by atoms with Gasteiger partial charge >= 0.3 is 0 Å². The third-order valence-corrected chi connectivity index (χ3v) is 2.76. The molecule has 0 radical (unpaired) electrons. The minimum Gasteiger partial charge on any atom is -0.393 e. The molecule has 2 aromatic rings. The van der Waals surface area contributed by atoms with Gasteiger partial charge in [0.2, 0.25) is 0 Å². The second-order valence-electron chi connectivity index (χ2n) is 4.04. The lowest BCUT2D eigenvalue weighted by Gasteiger charge is -2.07. The number of carbonyl (C=O) groups is 1. The van der Waals surface area contributed by atoms with Crippen molar-refractivity contribution in [2.45, 2.75) is 26.0 Å². The van der Waals surface area contributed by atoms with Crippen LogP contribution in [0.1, 0.15) is 23.7 Å². The van der Waals surface area contributed by atoms with E-state index >= 15 is 0 Å². The molecular formula is C13H15NO2. The van der Waals surface area contributed by atoms with Crippen molar-refractivity contribution in [3.63, 3.8) is 0 Å². The van der Waals surface area contributed by atoms with E-state index in [9.17, 15) is 9.90 Å². The first kappa shape index (κ1) is 10.9. The summed E-state index contributed by atoms with van der Waals surface area (Å²) in [4.78, 5) is 10.8. The predicted octanol–water partition coefficient (Wildman–Crippen LogP) is 2.22. The molecule has 1 atom stereocenters. The van der Waals surface area contributed by atoms with Gasteiger partial charge < -0.3 is 9.67 Å². The summed E-state index contributed by atoms with van der Waals surface area (Å²) in [6.45, 7) is 2.55. The first-order chi connectivity index (χ1) is 7.72. The van der Waals surface area contributed by atoms with Gasteiger partial charge in [-0.05, 0) is 25.5 Å². The fourth-order valence-electron chi connectivity index (χ4n) is 1.87. The fourth-order valence-corrected chi connectivity index (χ4v) is 1.87. The first-order valence-electron chi connectivity index (χ1n) is 5.43. The second kappa shape index (κ2) is 4.49. The number of aliphatic hydroxyl groups excluding tert-OH is 1. The molecule has 0 fully saturated rings. The zero-order valence-corrected chi connectivity index (χ0v) is 9.26. The van der Waals surface area contributed by atoms with Gasteiger partial charge in [-0.1, -0.05) is 12.1 Å². The minimum absolute atomic E-state index is 0.299. The molecule has 1 unspecified atom stereocenters. The van der Waals surface area contributed by atoms with Crippen molar-refractivity contribution in [1.29, 1.82) is 0 Å². The number of hydrogen-bond donors (Lipinski definition) is 1. The van der Waals surface area contributed by atoms with Crippen LogP contribution in [0.3, 0.4) is 0 Å². The summed E-state index contributed by atoms with van der Waals surface area (Å²) in [6, 6.07) is 7.63. The monoisotopic (exact) mass is 217 g/mol. The average molecular weight is 217 g/mol. The minimum atomic E-state index is -0.299. The molecule has 2 rings (SSSR count). The normalized spacial score (nSPS) is 12.9. The van der Waals surface area contributed by atoms with Gasteiger partial charge in [-0.3, -0.25) is 4.79 Å². The smallest absolute Gasteiger partial charge is 0.150 e. The Bertz CT molecular complexity index is 500. The summed E-state index contributed by atoms with van der Waals surface area (Å²) >= 11 is 0. The second-order valence-corrected chi connectivity index (χ2v) is 4.04. The molecule has 1 heterocycles. The molecule has 3 heteroatoms. The van der Waals surface area contributed by atoms with Crippen LogP contribution in [0.4, 0.5) is 0 Å². The van der Waals surface area contributed by atoms with Crippen molar-refractivity contribution >= 4 is 17.2 Å². The number of rotatable bonds is 4. The molecule has 0 bridgehead atoms. The third kappa shape index (κ3) is 1.99. The summed E-state index contributed by atoms with van der Waals surface area (Å²) < 4.78 is 2.06. The Morgan fingerprint density at radius 3 is 2.94 bits per heavy atom. The van der Waals surface area contributed by atoms with E-state index in [1.807, 2.05) is 30.5 Å². The van der Waals surface area contributed by atoms with E-state index in [1.165, 1.54) is 0 Å². The van der Waals surface area contributed by atoms with Gasteiger partial charge in [0.1, 0.15) is 0 Å². The van der Waals surface area contributed by atoms with Crippen molar-refractivity contribution < 1.29 is 9.90 Å². The molecule has 0 aliphatic rings. The van der Waals surface area contributed by atoms with Crippen LogP contribution in [0.25, 0.3) is 10.9 Å². The Hall–Kier alpha value is -1.61. The molecule has 16 heavy (non-hydrogen) atoms. The first-order valence-corrected chi connectivity index (χ1v) is 5.43. The van der Waals surface area contributed by atoms with Gasteiger partial charge in [0, 0.05) is 29.2 Å². The van der Waals surface area contributed by atoms with Crippen molar-refractivity contribution in [3.05, 3.63) is 36.0 Å². The van der Waals surface area contributed by atoms with Crippen molar-refractivity contribution in [2.24, 2.45) is 0 Å². The standard InChI is InChI=1S/C13H15NO2/c1-10(16)5-7-14-8-6-12-11(9-15)3-2-4-13(12)14/h2-4,6,8-10,16H,5,7H2,1H3. The SMILES string of the molecule is CC(O)CCn1ccc2c(C=O)cccc21. The number of aromatic nitrogens is 1. The number of aldehydes is 1. The van der Waals surface area contributed by atoms with E-state index in [4.69, 9.17) is 0 Å². The highest BCUT2D eigenvalue weighted by Crippen LogP contribution is 2.19. The van der Waals surface area contributed by atoms with E-state index in [2.05, 4.69) is 4.57 Å². The van der Waals surface area contributed by atoms with Crippen LogP contribution in [0.15, 0.2) is 30.5 Å². The molecule has 84 valence electrons. The van der Waals surface area contributed by atoms with E-state index in [0.29, 0.717) is 5.56 Å². The number of aliphatic hydroxyl groups is 1. The van der Waals surface area contributed by atoms with E-state index in [0.717, 1.165) is 30.2 Å². The predicted molar refractivity (Wildman–Crippen MR) is 63.6 cm³/mol. The topological polar surface area (TPSA) is 42.2 Å². The Morgan fingerprint density at radius 2 is 2.25 bits per heavy atom. The van der Waals surface area contributed by atoms with Crippen LogP contribution in [0.2, 0.25) is 0 Å².